The summed E-state index contributed by atoms with van der Waals surface area (Å²) in [4.78, 5) is 51.9. The highest BCUT2D eigenvalue weighted by Gasteiger charge is 2.29. The largest absolute Gasteiger partial charge is 0.497 e. The molecule has 14 heteroatoms. The minimum atomic E-state index is -0.681. The summed E-state index contributed by atoms with van der Waals surface area (Å²) in [7, 11) is 1.56. The molecule has 0 fully saturated rings. The number of methoxy groups -OCH3 is 1. The number of benzene rings is 2. The lowest BCUT2D eigenvalue weighted by atomic mass is 10.1. The molecule has 0 saturated heterocycles. The average Bonchev–Trinajstić information content (AvgIpc) is 3.62. The second kappa shape index (κ2) is 16.7. The molecule has 2 amide bonds. The number of carbonyl (C=O) groups excluding carboxylic acids is 4. The fraction of sp³-hybridized carbons (Fsp3) is 0.333. The molecule has 12 nitrogen and oxygen atoms in total. The van der Waals surface area contributed by atoms with Crippen molar-refractivity contribution in [3.8, 4) is 5.75 Å². The molecule has 248 valence electrons. The molecule has 0 radical (unpaired) electrons. The van der Waals surface area contributed by atoms with Crippen LogP contribution in [0.2, 0.25) is 0 Å². The molecule has 0 spiro atoms. The van der Waals surface area contributed by atoms with Crippen LogP contribution in [0.3, 0.4) is 0 Å². The fourth-order valence-corrected chi connectivity index (χ4v) is 6.50. The van der Waals surface area contributed by atoms with Gasteiger partial charge in [-0.3, -0.25) is 9.59 Å². The number of hydrogen-bond donors (Lipinski definition) is 2. The number of hydrogen-bond acceptors (Lipinski definition) is 11. The summed E-state index contributed by atoms with van der Waals surface area (Å²) >= 11 is 2.15. The Kier molecular flexibility index (Phi) is 12.5. The molecule has 0 aliphatic rings. The van der Waals surface area contributed by atoms with Crippen molar-refractivity contribution in [1.82, 2.24) is 20.1 Å². The van der Waals surface area contributed by atoms with E-state index in [-0.39, 0.29) is 41.1 Å². The van der Waals surface area contributed by atoms with Crippen molar-refractivity contribution in [2.75, 3.05) is 25.6 Å². The van der Waals surface area contributed by atoms with Crippen LogP contribution in [0, 0.1) is 6.92 Å². The van der Waals surface area contributed by atoms with Crippen LogP contribution in [0.25, 0.3) is 0 Å². The summed E-state index contributed by atoms with van der Waals surface area (Å²) in [6.07, 6.45) is 0.667. The van der Waals surface area contributed by atoms with Crippen molar-refractivity contribution >= 4 is 51.9 Å². The highest BCUT2D eigenvalue weighted by molar-refractivity contribution is 8.00. The Morgan fingerprint density at radius 3 is 2.30 bits per heavy atom. The zero-order valence-electron chi connectivity index (χ0n) is 26.8. The lowest BCUT2D eigenvalue weighted by Crippen LogP contribution is -2.25. The van der Waals surface area contributed by atoms with Crippen LogP contribution in [-0.4, -0.2) is 64.1 Å². The summed E-state index contributed by atoms with van der Waals surface area (Å²) < 4.78 is 17.4. The molecular weight excluding hydrogens is 643 g/mol. The summed E-state index contributed by atoms with van der Waals surface area (Å²) in [5, 5.41) is 14.4. The van der Waals surface area contributed by atoms with Crippen molar-refractivity contribution in [3.05, 3.63) is 87.6 Å². The first-order valence-electron chi connectivity index (χ1n) is 15.0. The number of rotatable bonds is 15. The Balaban J connectivity index is 1.53. The number of amides is 2. The number of thioether (sulfide) groups is 1. The molecule has 0 aliphatic heterocycles. The topological polar surface area (TPSA) is 151 Å². The molecule has 2 aromatic carbocycles. The average molecular weight is 680 g/mol. The van der Waals surface area contributed by atoms with Crippen molar-refractivity contribution in [3.63, 3.8) is 0 Å². The van der Waals surface area contributed by atoms with Gasteiger partial charge in [-0.05, 0) is 69.5 Å². The van der Waals surface area contributed by atoms with Gasteiger partial charge in [0.1, 0.15) is 15.6 Å². The Morgan fingerprint density at radius 2 is 1.64 bits per heavy atom. The molecule has 0 unspecified atom stereocenters. The third kappa shape index (κ3) is 8.98. The number of nitrogens with one attached hydrogen (secondary N) is 2. The predicted octanol–water partition coefficient (Wildman–Crippen LogP) is 5.30. The summed E-state index contributed by atoms with van der Waals surface area (Å²) in [5.74, 6) is -0.749. The van der Waals surface area contributed by atoms with E-state index in [1.165, 1.54) is 11.8 Å². The van der Waals surface area contributed by atoms with Crippen LogP contribution < -0.4 is 15.4 Å². The van der Waals surface area contributed by atoms with E-state index in [0.29, 0.717) is 40.8 Å². The molecule has 47 heavy (non-hydrogen) atoms. The van der Waals surface area contributed by atoms with E-state index in [1.807, 2.05) is 34.9 Å². The van der Waals surface area contributed by atoms with E-state index in [9.17, 15) is 19.2 Å². The van der Waals surface area contributed by atoms with Crippen LogP contribution in [-0.2, 0) is 33.8 Å². The third-order valence-corrected chi connectivity index (χ3v) is 9.26. The maximum absolute atomic E-state index is 13.5. The van der Waals surface area contributed by atoms with Gasteiger partial charge in [0.05, 0.1) is 37.7 Å². The van der Waals surface area contributed by atoms with Crippen LogP contribution in [0.4, 0.5) is 5.00 Å². The van der Waals surface area contributed by atoms with Gasteiger partial charge in [0.2, 0.25) is 5.91 Å². The standard InChI is InChI=1S/C33H37N5O7S2/c1-6-44-31(41)26-20(3)27(32(42)45-7-2)47-30(26)35-28(39)21(4)46-33-37-36-25(38(33)18-17-22-11-9-8-10-12-22)19-34-29(40)23-13-15-24(43-5)16-14-23/h8-16,21H,6-7,17-19H2,1-5H3,(H,34,40)(H,35,39)/t21-/m0/s1. The van der Waals surface area contributed by atoms with E-state index < -0.39 is 23.1 Å². The Labute approximate surface area is 281 Å². The van der Waals surface area contributed by atoms with Crippen LogP contribution >= 0.6 is 23.1 Å². The highest BCUT2D eigenvalue weighted by Crippen LogP contribution is 2.35. The van der Waals surface area contributed by atoms with Crippen LogP contribution in [0.15, 0.2) is 59.8 Å². The Hall–Kier alpha value is -4.69. The highest BCUT2D eigenvalue weighted by atomic mass is 32.2. The number of nitrogens with zero attached hydrogens (tertiary/aromatic N) is 3. The van der Waals surface area contributed by atoms with Gasteiger partial charge in [0.25, 0.3) is 5.91 Å². The number of aromatic nitrogens is 3. The Bertz CT molecular complexity index is 1700. The second-order valence-corrected chi connectivity index (χ2v) is 12.5. The van der Waals surface area contributed by atoms with E-state index in [4.69, 9.17) is 14.2 Å². The van der Waals surface area contributed by atoms with Crippen LogP contribution in [0.5, 0.6) is 5.75 Å². The SMILES string of the molecule is CCOC(=O)c1sc(NC(=O)[C@H](C)Sc2nnc(CNC(=O)c3ccc(OC)cc3)n2CCc2ccccc2)c(C(=O)OCC)c1C. The summed E-state index contributed by atoms with van der Waals surface area (Å²) in [6, 6.07) is 16.7. The molecule has 0 bridgehead atoms. The summed E-state index contributed by atoms with van der Waals surface area (Å²) in [6.45, 7) is 7.60. The van der Waals surface area contributed by atoms with Crippen molar-refractivity contribution < 1.29 is 33.4 Å². The van der Waals surface area contributed by atoms with Crippen molar-refractivity contribution in [2.45, 2.75) is 57.6 Å². The molecule has 2 heterocycles. The summed E-state index contributed by atoms with van der Waals surface area (Å²) in [5.41, 5.74) is 2.07. The van der Waals surface area contributed by atoms with Gasteiger partial charge < -0.3 is 29.4 Å². The first kappa shape index (κ1) is 35.2. The van der Waals surface area contributed by atoms with Crippen LogP contribution in [0.1, 0.15) is 68.1 Å². The lowest BCUT2D eigenvalue weighted by Gasteiger charge is -2.14. The predicted molar refractivity (Wildman–Crippen MR) is 179 cm³/mol. The Morgan fingerprint density at radius 1 is 0.957 bits per heavy atom. The number of thiophene rings is 1. The molecule has 0 aliphatic carbocycles. The minimum Gasteiger partial charge on any atom is -0.497 e. The molecular formula is C33H37N5O7S2. The molecule has 2 N–H and O–H groups in total. The van der Waals surface area contributed by atoms with Gasteiger partial charge in [-0.1, -0.05) is 42.1 Å². The smallest absolute Gasteiger partial charge is 0.348 e. The normalized spacial score (nSPS) is 11.4. The van der Waals surface area contributed by atoms with E-state index in [1.54, 1.807) is 59.1 Å². The molecule has 2 aromatic heterocycles. The zero-order valence-corrected chi connectivity index (χ0v) is 28.5. The van der Waals surface area contributed by atoms with E-state index in [2.05, 4.69) is 20.8 Å². The number of anilines is 1. The van der Waals surface area contributed by atoms with Gasteiger partial charge in [0, 0.05) is 12.1 Å². The van der Waals surface area contributed by atoms with E-state index >= 15 is 0 Å². The molecule has 4 aromatic rings. The second-order valence-electron chi connectivity index (χ2n) is 10.1. The first-order chi connectivity index (χ1) is 22.7. The minimum absolute atomic E-state index is 0.113. The monoisotopic (exact) mass is 679 g/mol. The lowest BCUT2D eigenvalue weighted by molar-refractivity contribution is -0.115. The van der Waals surface area contributed by atoms with Gasteiger partial charge in [-0.25, -0.2) is 9.59 Å². The van der Waals surface area contributed by atoms with Gasteiger partial charge in [-0.2, -0.15) is 0 Å². The maximum atomic E-state index is 13.5. The van der Waals surface area contributed by atoms with Gasteiger partial charge >= 0.3 is 11.9 Å². The van der Waals surface area contributed by atoms with Crippen molar-refractivity contribution in [1.29, 1.82) is 0 Å². The number of aryl methyl sites for hydroxylation is 1. The fourth-order valence-electron chi connectivity index (χ4n) is 4.52. The van der Waals surface area contributed by atoms with Gasteiger partial charge in [0.15, 0.2) is 11.0 Å². The number of esters is 2. The third-order valence-electron chi connectivity index (χ3n) is 6.99. The molecule has 0 saturated carbocycles. The maximum Gasteiger partial charge on any atom is 0.348 e. The van der Waals surface area contributed by atoms with E-state index in [0.717, 1.165) is 16.9 Å². The molecule has 1 atom stereocenters. The van der Waals surface area contributed by atoms with Crippen molar-refractivity contribution in [2.24, 2.45) is 0 Å². The first-order valence-corrected chi connectivity index (χ1v) is 16.7. The zero-order chi connectivity index (χ0) is 33.9. The quantitative estimate of drug-likeness (QED) is 0.125. The van der Waals surface area contributed by atoms with Gasteiger partial charge in [-0.15, -0.1) is 21.5 Å². The number of ether oxygens (including phenoxy) is 3. The molecule has 4 rings (SSSR count). The number of carbonyl (C=O) groups is 4.